The summed E-state index contributed by atoms with van der Waals surface area (Å²) in [5, 5.41) is 10.5. The highest BCUT2D eigenvalue weighted by Crippen LogP contribution is 2.33. The van der Waals surface area contributed by atoms with Gasteiger partial charge in [0, 0.05) is 18.4 Å². The van der Waals surface area contributed by atoms with Gasteiger partial charge >= 0.3 is 5.69 Å². The minimum Gasteiger partial charge on any atom is -0.387 e. The average molecular weight is 407 g/mol. The lowest BCUT2D eigenvalue weighted by Crippen LogP contribution is -2.40. The lowest BCUT2D eigenvalue weighted by atomic mass is 10.1. The van der Waals surface area contributed by atoms with Crippen molar-refractivity contribution in [3.63, 3.8) is 0 Å². The van der Waals surface area contributed by atoms with Gasteiger partial charge in [0.05, 0.1) is 19.8 Å². The molecular weight excluding hydrogens is 381 g/mol. The van der Waals surface area contributed by atoms with Crippen LogP contribution in [0.15, 0.2) is 15.8 Å². The third-order valence-electron chi connectivity index (χ3n) is 3.99. The van der Waals surface area contributed by atoms with Gasteiger partial charge < -0.3 is 28.7 Å². The number of aromatic amines is 1. The number of hydrogen-bond acceptors (Lipinski definition) is 9. The highest BCUT2D eigenvalue weighted by atomic mass is 31.2. The molecule has 0 saturated carbocycles. The summed E-state index contributed by atoms with van der Waals surface area (Å²) in [6.07, 6.45) is -1.72. The molecule has 5 N–H and O–H groups in total. The van der Waals surface area contributed by atoms with Gasteiger partial charge in [0.1, 0.15) is 18.3 Å². The van der Waals surface area contributed by atoms with Crippen LogP contribution in [0.2, 0.25) is 0 Å². The van der Waals surface area contributed by atoms with Crippen molar-refractivity contribution in [2.75, 3.05) is 26.4 Å². The normalized spacial score (nSPS) is 26.4. The van der Waals surface area contributed by atoms with Crippen LogP contribution in [-0.4, -0.2) is 64.3 Å². The van der Waals surface area contributed by atoms with Crippen molar-refractivity contribution < 1.29 is 28.7 Å². The Bertz CT molecular complexity index is 709. The number of aliphatic hydroxyl groups is 1. The topological polar surface area (TPSA) is 158 Å². The number of nitrogens with zero attached hydrogens (tertiary/aromatic N) is 1. The minimum atomic E-state index is -2.12. The maximum Gasteiger partial charge on any atom is 0.330 e. The molecule has 1 aromatic rings. The van der Waals surface area contributed by atoms with Crippen molar-refractivity contribution in [1.29, 1.82) is 0 Å². The summed E-state index contributed by atoms with van der Waals surface area (Å²) < 4.78 is 22.9. The Labute approximate surface area is 157 Å². The molecule has 1 aliphatic heterocycles. The molecule has 0 amide bonds. The van der Waals surface area contributed by atoms with E-state index in [-0.39, 0.29) is 13.2 Å². The van der Waals surface area contributed by atoms with E-state index in [2.05, 4.69) is 4.98 Å². The van der Waals surface area contributed by atoms with Crippen molar-refractivity contribution in [3.05, 3.63) is 32.6 Å². The second kappa shape index (κ2) is 10.4. The van der Waals surface area contributed by atoms with Gasteiger partial charge in [-0.25, -0.2) is 4.79 Å². The molecule has 0 aliphatic carbocycles. The smallest absolute Gasteiger partial charge is 0.330 e. The number of aryl methyl sites for hydroxylation is 1. The third kappa shape index (κ3) is 5.90. The van der Waals surface area contributed by atoms with E-state index in [0.29, 0.717) is 18.8 Å². The lowest BCUT2D eigenvalue weighted by molar-refractivity contribution is -0.0838. The first kappa shape index (κ1) is 22.1. The lowest BCUT2D eigenvalue weighted by Gasteiger charge is -2.22. The van der Waals surface area contributed by atoms with Crippen LogP contribution in [0.4, 0.5) is 0 Å². The van der Waals surface area contributed by atoms with E-state index in [9.17, 15) is 14.7 Å². The maximum absolute atomic E-state index is 12.2. The number of aromatic nitrogens is 2. The molecule has 1 aromatic heterocycles. The summed E-state index contributed by atoms with van der Waals surface area (Å²) in [6, 6.07) is 0. The molecule has 0 radical (unpaired) electrons. The van der Waals surface area contributed by atoms with Gasteiger partial charge in [0.25, 0.3) is 5.56 Å². The summed E-state index contributed by atoms with van der Waals surface area (Å²) in [4.78, 5) is 35.1. The van der Waals surface area contributed by atoms with E-state index in [1.165, 1.54) is 6.20 Å². The third-order valence-corrected chi connectivity index (χ3v) is 4.40. The van der Waals surface area contributed by atoms with Crippen LogP contribution in [0.1, 0.15) is 25.1 Å². The van der Waals surface area contributed by atoms with Gasteiger partial charge in [-0.15, -0.1) is 0 Å². The Kier molecular flexibility index (Phi) is 8.52. The van der Waals surface area contributed by atoms with Gasteiger partial charge in [-0.05, 0) is 13.3 Å². The summed E-state index contributed by atoms with van der Waals surface area (Å²) >= 11 is 0. The predicted octanol–water partition coefficient (Wildman–Crippen LogP) is -0.890. The second-order valence-electron chi connectivity index (χ2n) is 6.08. The van der Waals surface area contributed by atoms with E-state index in [0.717, 1.165) is 11.0 Å². The molecule has 1 saturated heterocycles. The van der Waals surface area contributed by atoms with Gasteiger partial charge in [-0.3, -0.25) is 19.8 Å². The molecule has 0 spiro atoms. The average Bonchev–Trinajstić information content (AvgIpc) is 2.92. The largest absolute Gasteiger partial charge is 0.387 e. The zero-order valence-electron chi connectivity index (χ0n) is 15.2. The van der Waals surface area contributed by atoms with Crippen molar-refractivity contribution in [2.45, 2.75) is 44.8 Å². The fraction of sp³-hybridized carbons (Fsp3) is 0.733. The molecule has 1 fully saturated rings. The number of nitrogens with one attached hydrogen (secondary N) is 1. The number of hydrogen-bond donors (Lipinski definition) is 4. The molecule has 2 rings (SSSR count). The summed E-state index contributed by atoms with van der Waals surface area (Å²) in [7, 11) is -2.12. The zero-order valence-corrected chi connectivity index (χ0v) is 16.1. The predicted molar refractivity (Wildman–Crippen MR) is 96.1 cm³/mol. The van der Waals surface area contributed by atoms with E-state index in [1.807, 2.05) is 6.92 Å². The second-order valence-corrected chi connectivity index (χ2v) is 6.94. The van der Waals surface area contributed by atoms with Crippen LogP contribution in [0.25, 0.3) is 0 Å². The van der Waals surface area contributed by atoms with Gasteiger partial charge in [-0.1, -0.05) is 6.92 Å². The molecule has 5 atom stereocenters. The van der Waals surface area contributed by atoms with Crippen molar-refractivity contribution in [3.8, 4) is 0 Å². The number of nitrogens with two attached hydrogens (primary N) is 1. The fourth-order valence-corrected chi connectivity index (χ4v) is 2.97. The van der Waals surface area contributed by atoms with E-state index < -0.39 is 44.3 Å². The molecule has 154 valence electrons. The highest BCUT2D eigenvalue weighted by Gasteiger charge is 2.46. The first-order valence-electron chi connectivity index (χ1n) is 8.56. The standard InChI is InChI=1S/C15H26N3O8P/c1-3-4-23-5-6-24-12-11(19)10(8-25-27(16)22)26-14(12)18-7-9(2)13(20)17-15(18)21/h7,10-12,14,19,22H,3-6,8,16H2,1-2H3,(H,17,20,21)/t10-,11-,12-,14-,27?/m1/s1. The van der Waals surface area contributed by atoms with Gasteiger partial charge in [0.15, 0.2) is 6.23 Å². The van der Waals surface area contributed by atoms with Crippen LogP contribution in [0, 0.1) is 6.92 Å². The summed E-state index contributed by atoms with van der Waals surface area (Å²) in [6.45, 7) is 4.42. The number of H-pyrrole nitrogens is 1. The quantitative estimate of drug-likeness (QED) is 0.285. The van der Waals surface area contributed by atoms with Crippen LogP contribution in [0.5, 0.6) is 0 Å². The Hall–Kier alpha value is -1.17. The first-order valence-corrected chi connectivity index (χ1v) is 9.84. The van der Waals surface area contributed by atoms with Crippen molar-refractivity contribution in [2.24, 2.45) is 5.50 Å². The minimum absolute atomic E-state index is 0.176. The monoisotopic (exact) mass is 407 g/mol. The SMILES string of the molecule is CCCOCCO[C@@H]1[C@H](O)[C@@H](COP(N)O)O[C@H]1n1cc(C)c(=O)[nH]c1=O. The molecule has 12 heteroatoms. The van der Waals surface area contributed by atoms with E-state index in [1.54, 1.807) is 6.92 Å². The van der Waals surface area contributed by atoms with Gasteiger partial charge in [0.2, 0.25) is 8.53 Å². The van der Waals surface area contributed by atoms with Crippen LogP contribution in [-0.2, 0) is 18.7 Å². The summed E-state index contributed by atoms with van der Waals surface area (Å²) in [5.41, 5.74) is 4.31. The molecule has 0 bridgehead atoms. The Morgan fingerprint density at radius 1 is 1.37 bits per heavy atom. The molecular formula is C15H26N3O8P. The zero-order chi connectivity index (χ0) is 20.0. The number of aliphatic hydroxyl groups excluding tert-OH is 1. The Morgan fingerprint density at radius 3 is 2.78 bits per heavy atom. The molecule has 11 nitrogen and oxygen atoms in total. The Balaban J connectivity index is 2.18. The van der Waals surface area contributed by atoms with E-state index >= 15 is 0 Å². The fourth-order valence-electron chi connectivity index (χ4n) is 2.67. The molecule has 1 unspecified atom stereocenters. The number of rotatable bonds is 10. The Morgan fingerprint density at radius 2 is 2.11 bits per heavy atom. The van der Waals surface area contributed by atoms with Crippen LogP contribution < -0.4 is 16.8 Å². The summed E-state index contributed by atoms with van der Waals surface area (Å²) in [5.74, 6) is 0. The van der Waals surface area contributed by atoms with Crippen LogP contribution >= 0.6 is 8.53 Å². The van der Waals surface area contributed by atoms with E-state index in [4.69, 9.17) is 29.1 Å². The van der Waals surface area contributed by atoms with Crippen LogP contribution in [0.3, 0.4) is 0 Å². The van der Waals surface area contributed by atoms with Gasteiger partial charge in [-0.2, -0.15) is 0 Å². The molecule has 0 aromatic carbocycles. The molecule has 27 heavy (non-hydrogen) atoms. The van der Waals surface area contributed by atoms with Crippen molar-refractivity contribution >= 4 is 8.53 Å². The maximum atomic E-state index is 12.2. The molecule has 2 heterocycles. The van der Waals surface area contributed by atoms with Crippen molar-refractivity contribution in [1.82, 2.24) is 9.55 Å². The highest BCUT2D eigenvalue weighted by molar-refractivity contribution is 7.43. The number of ether oxygens (including phenoxy) is 3. The molecule has 1 aliphatic rings. The first-order chi connectivity index (χ1) is 12.8.